The van der Waals surface area contributed by atoms with Crippen molar-refractivity contribution in [2.24, 2.45) is 0 Å². The largest absolute Gasteiger partial charge is 0.465 e. The van der Waals surface area contributed by atoms with Gasteiger partial charge in [-0.15, -0.1) is 0 Å². The maximum absolute atomic E-state index is 11.5. The molecule has 0 heterocycles. The van der Waals surface area contributed by atoms with Crippen molar-refractivity contribution in [1.29, 1.82) is 0 Å². The fourth-order valence-corrected chi connectivity index (χ4v) is 2.96. The zero-order chi connectivity index (χ0) is 14.2. The van der Waals surface area contributed by atoms with Gasteiger partial charge in [-0.2, -0.15) is 0 Å². The number of benzene rings is 2. The summed E-state index contributed by atoms with van der Waals surface area (Å²) in [7, 11) is 2.88. The first kappa shape index (κ1) is 13.6. The van der Waals surface area contributed by atoms with Gasteiger partial charge in [-0.1, -0.05) is 24.3 Å². The average Bonchev–Trinajstić information content (AvgIpc) is 2.35. The van der Waals surface area contributed by atoms with Crippen LogP contribution in [0.1, 0.15) is 0 Å². The number of fused-ring (bicyclic) bond motifs is 1. The third-order valence-electron chi connectivity index (χ3n) is 2.77. The van der Waals surface area contributed by atoms with E-state index in [9.17, 15) is 13.2 Å². The normalized spacial score (nSPS) is 11.5. The predicted molar refractivity (Wildman–Crippen MR) is 73.4 cm³/mol. The average molecular weight is 300 g/mol. The molecule has 1 amide bonds. The van der Waals surface area contributed by atoms with E-state index in [4.69, 9.17) is 15.8 Å². The number of rotatable bonds is 2. The number of carboxylic acid groups (broad SMARTS) is 1. The molecule has 0 aliphatic carbocycles. The monoisotopic (exact) mass is 299 g/mol. The predicted octanol–water partition coefficient (Wildman–Crippen LogP) is 2.88. The Morgan fingerprint density at radius 1 is 1.16 bits per heavy atom. The molecule has 0 spiro atoms. The molecule has 19 heavy (non-hydrogen) atoms. The summed E-state index contributed by atoms with van der Waals surface area (Å²) in [5, 5.41) is 9.91. The van der Waals surface area contributed by atoms with E-state index < -0.39 is 15.1 Å². The summed E-state index contributed by atoms with van der Waals surface area (Å²) in [6.07, 6.45) is -1.13. The maximum atomic E-state index is 11.5. The van der Waals surface area contributed by atoms with Crippen molar-refractivity contribution in [1.82, 2.24) is 0 Å². The molecular weight excluding hydrogens is 290 g/mol. The topological polar surface area (TPSA) is 74.7 Å². The summed E-state index contributed by atoms with van der Waals surface area (Å²) >= 11 is 0. The quantitative estimate of drug-likeness (QED) is 0.865. The highest BCUT2D eigenvalue weighted by molar-refractivity contribution is 8.14. The number of hydrogen-bond acceptors (Lipinski definition) is 3. The molecule has 7 heteroatoms. The SMILES string of the molecule is CN(C(=O)O)c1cccc2c(S(=O)(=O)Cl)cccc12. The van der Waals surface area contributed by atoms with Crippen LogP contribution in [0.2, 0.25) is 0 Å². The van der Waals surface area contributed by atoms with Crippen molar-refractivity contribution in [3.63, 3.8) is 0 Å². The van der Waals surface area contributed by atoms with Crippen LogP contribution in [0.15, 0.2) is 41.3 Å². The first-order valence-corrected chi connectivity index (χ1v) is 7.56. The van der Waals surface area contributed by atoms with Crippen molar-refractivity contribution in [3.8, 4) is 0 Å². The Morgan fingerprint density at radius 2 is 1.74 bits per heavy atom. The summed E-state index contributed by atoms with van der Waals surface area (Å²) in [5.74, 6) is 0. The van der Waals surface area contributed by atoms with Crippen LogP contribution in [0.5, 0.6) is 0 Å². The summed E-state index contributed by atoms with van der Waals surface area (Å²) in [4.78, 5) is 12.0. The number of nitrogens with zero attached hydrogens (tertiary/aromatic N) is 1. The van der Waals surface area contributed by atoms with Gasteiger partial charge in [0.2, 0.25) is 0 Å². The van der Waals surface area contributed by atoms with Crippen molar-refractivity contribution < 1.29 is 18.3 Å². The number of hydrogen-bond donors (Lipinski definition) is 1. The summed E-state index contributed by atoms with van der Waals surface area (Å²) in [6, 6.07) is 9.33. The Kier molecular flexibility index (Phi) is 3.38. The summed E-state index contributed by atoms with van der Waals surface area (Å²) < 4.78 is 23.0. The molecule has 0 aliphatic heterocycles. The Labute approximate surface area is 114 Å². The highest BCUT2D eigenvalue weighted by Crippen LogP contribution is 2.31. The molecule has 5 nitrogen and oxygen atoms in total. The lowest BCUT2D eigenvalue weighted by molar-refractivity contribution is 0.203. The third kappa shape index (κ3) is 2.50. The van der Waals surface area contributed by atoms with Crippen LogP contribution >= 0.6 is 10.7 Å². The lowest BCUT2D eigenvalue weighted by atomic mass is 10.1. The smallest absolute Gasteiger partial charge is 0.411 e. The maximum Gasteiger partial charge on any atom is 0.411 e. The zero-order valence-electron chi connectivity index (χ0n) is 9.87. The van der Waals surface area contributed by atoms with E-state index in [0.717, 1.165) is 4.90 Å². The summed E-state index contributed by atoms with van der Waals surface area (Å²) in [6.45, 7) is 0. The van der Waals surface area contributed by atoms with Gasteiger partial charge in [-0.05, 0) is 12.1 Å². The zero-order valence-corrected chi connectivity index (χ0v) is 11.4. The molecule has 2 aromatic carbocycles. The van der Waals surface area contributed by atoms with Gasteiger partial charge >= 0.3 is 6.09 Å². The molecule has 0 aromatic heterocycles. The molecule has 0 atom stereocenters. The molecule has 0 saturated carbocycles. The number of halogens is 1. The standard InChI is InChI=1S/C12H10ClNO4S/c1-14(12(15)16)10-6-2-5-9-8(10)4-3-7-11(9)19(13,17)18/h2-7H,1H3,(H,15,16). The van der Waals surface area contributed by atoms with Crippen molar-refractivity contribution in [2.45, 2.75) is 4.90 Å². The number of anilines is 1. The van der Waals surface area contributed by atoms with E-state index in [2.05, 4.69) is 0 Å². The van der Waals surface area contributed by atoms with E-state index in [1.54, 1.807) is 24.3 Å². The second-order valence-corrected chi connectivity index (χ2v) is 6.44. The van der Waals surface area contributed by atoms with Crippen LogP contribution in [0.25, 0.3) is 10.8 Å². The summed E-state index contributed by atoms with van der Waals surface area (Å²) in [5.41, 5.74) is 0.396. The second-order valence-electron chi connectivity index (χ2n) is 3.91. The second kappa shape index (κ2) is 4.71. The molecule has 1 N–H and O–H groups in total. The molecule has 0 fully saturated rings. The van der Waals surface area contributed by atoms with E-state index in [1.165, 1.54) is 19.2 Å². The third-order valence-corrected chi connectivity index (χ3v) is 4.15. The molecule has 0 unspecified atom stereocenters. The lowest BCUT2D eigenvalue weighted by Crippen LogP contribution is -2.23. The van der Waals surface area contributed by atoms with Gasteiger partial charge in [-0.25, -0.2) is 13.2 Å². The highest BCUT2D eigenvalue weighted by Gasteiger charge is 2.17. The van der Waals surface area contributed by atoms with Crippen molar-refractivity contribution >= 4 is 42.3 Å². The van der Waals surface area contributed by atoms with Crippen molar-refractivity contribution in [3.05, 3.63) is 36.4 Å². The van der Waals surface area contributed by atoms with Crippen LogP contribution in [-0.2, 0) is 9.05 Å². The van der Waals surface area contributed by atoms with Gasteiger partial charge in [0.1, 0.15) is 0 Å². The van der Waals surface area contributed by atoms with Gasteiger partial charge in [0.05, 0.1) is 10.6 Å². The van der Waals surface area contributed by atoms with Gasteiger partial charge in [-0.3, -0.25) is 4.90 Å². The molecule has 0 bridgehead atoms. The Balaban J connectivity index is 2.82. The fraction of sp³-hybridized carbons (Fsp3) is 0.0833. The molecule has 0 saturated heterocycles. The first-order valence-electron chi connectivity index (χ1n) is 5.25. The molecule has 2 aromatic rings. The Morgan fingerprint density at radius 3 is 2.32 bits per heavy atom. The minimum Gasteiger partial charge on any atom is -0.465 e. The van der Waals surface area contributed by atoms with E-state index in [1.807, 2.05) is 0 Å². The van der Waals surface area contributed by atoms with Gasteiger partial charge in [0, 0.05) is 28.5 Å². The van der Waals surface area contributed by atoms with Crippen LogP contribution < -0.4 is 4.90 Å². The Bertz CT molecular complexity index is 757. The minimum atomic E-state index is -3.89. The number of carbonyl (C=O) groups is 1. The molecule has 2 rings (SSSR count). The van der Waals surface area contributed by atoms with Crippen LogP contribution in [0.3, 0.4) is 0 Å². The molecule has 0 radical (unpaired) electrons. The van der Waals surface area contributed by atoms with E-state index in [0.29, 0.717) is 16.5 Å². The van der Waals surface area contributed by atoms with Crippen LogP contribution in [0.4, 0.5) is 10.5 Å². The van der Waals surface area contributed by atoms with Crippen LogP contribution in [-0.4, -0.2) is 26.7 Å². The van der Waals surface area contributed by atoms with Gasteiger partial charge in [0.15, 0.2) is 0 Å². The Hall–Kier alpha value is -1.79. The van der Waals surface area contributed by atoms with Crippen molar-refractivity contribution in [2.75, 3.05) is 11.9 Å². The van der Waals surface area contributed by atoms with Crippen LogP contribution in [0, 0.1) is 0 Å². The van der Waals surface area contributed by atoms with E-state index in [-0.39, 0.29) is 4.90 Å². The first-order chi connectivity index (χ1) is 8.82. The van der Waals surface area contributed by atoms with Gasteiger partial charge < -0.3 is 5.11 Å². The minimum absolute atomic E-state index is 0.0349. The molecule has 100 valence electrons. The van der Waals surface area contributed by atoms with Gasteiger partial charge in [0.25, 0.3) is 9.05 Å². The molecular formula is C12H10ClNO4S. The molecule has 0 aliphatic rings. The fourth-order valence-electron chi connectivity index (χ4n) is 1.87. The number of amides is 1. The van der Waals surface area contributed by atoms with E-state index >= 15 is 0 Å². The highest BCUT2D eigenvalue weighted by atomic mass is 35.7. The lowest BCUT2D eigenvalue weighted by Gasteiger charge is -2.16.